The Morgan fingerprint density at radius 3 is 2.68 bits per heavy atom. The van der Waals surface area contributed by atoms with E-state index in [1.807, 2.05) is 31.1 Å². The van der Waals surface area contributed by atoms with E-state index in [9.17, 15) is 13.6 Å². The van der Waals surface area contributed by atoms with Gasteiger partial charge in [-0.05, 0) is 20.2 Å². The van der Waals surface area contributed by atoms with Crippen molar-refractivity contribution in [3.8, 4) is 0 Å². The van der Waals surface area contributed by atoms with Gasteiger partial charge in [-0.15, -0.1) is 0 Å². The topological polar surface area (TPSA) is 71.5 Å². The van der Waals surface area contributed by atoms with Crippen molar-refractivity contribution in [3.63, 3.8) is 0 Å². The Labute approximate surface area is 127 Å². The average Bonchev–Trinajstić information content (AvgIpc) is 2.83. The molecule has 3 N–H and O–H groups in total. The summed E-state index contributed by atoms with van der Waals surface area (Å²) in [6, 6.07) is 7.19. The van der Waals surface area contributed by atoms with Gasteiger partial charge >= 0.3 is 0 Å². The molecule has 0 radical (unpaired) electrons. The Morgan fingerprint density at radius 2 is 2.05 bits per heavy atom. The molecule has 0 aliphatic heterocycles. The van der Waals surface area contributed by atoms with Gasteiger partial charge in [-0.2, -0.15) is 0 Å². The molecule has 0 fully saturated rings. The number of alkyl halides is 2. The SMILES string of the molecule is CN(C)Cc1c(C(=O)NCC(F)(F)CN)oc2ccccc12. The van der Waals surface area contributed by atoms with Crippen LogP contribution in [0.4, 0.5) is 8.78 Å². The number of halogens is 2. The van der Waals surface area contributed by atoms with Crippen LogP contribution in [0.25, 0.3) is 11.0 Å². The highest BCUT2D eigenvalue weighted by molar-refractivity contribution is 5.99. The predicted molar refractivity (Wildman–Crippen MR) is 79.9 cm³/mol. The van der Waals surface area contributed by atoms with Crippen LogP contribution in [0.15, 0.2) is 28.7 Å². The molecule has 0 saturated carbocycles. The number of nitrogens with two attached hydrogens (primary N) is 1. The summed E-state index contributed by atoms with van der Waals surface area (Å²) in [6.45, 7) is -1.17. The number of nitrogens with one attached hydrogen (secondary N) is 1. The van der Waals surface area contributed by atoms with Crippen LogP contribution in [0.1, 0.15) is 16.1 Å². The number of rotatable bonds is 6. The highest BCUT2D eigenvalue weighted by Crippen LogP contribution is 2.27. The number of para-hydroxylation sites is 1. The summed E-state index contributed by atoms with van der Waals surface area (Å²) in [6.07, 6.45) is 0. The minimum absolute atomic E-state index is 0.0581. The molecule has 0 bridgehead atoms. The van der Waals surface area contributed by atoms with Gasteiger partial charge in [-0.25, -0.2) is 8.78 Å². The molecule has 0 saturated heterocycles. The van der Waals surface area contributed by atoms with Crippen LogP contribution in [0.3, 0.4) is 0 Å². The Morgan fingerprint density at radius 1 is 1.36 bits per heavy atom. The molecule has 22 heavy (non-hydrogen) atoms. The second-order valence-electron chi connectivity index (χ2n) is 5.39. The van der Waals surface area contributed by atoms with Crippen LogP contribution in [0.2, 0.25) is 0 Å². The van der Waals surface area contributed by atoms with Gasteiger partial charge in [0.05, 0.1) is 13.1 Å². The first-order chi connectivity index (χ1) is 10.3. The van der Waals surface area contributed by atoms with E-state index in [2.05, 4.69) is 5.32 Å². The third-order valence-corrected chi connectivity index (χ3v) is 3.19. The minimum Gasteiger partial charge on any atom is -0.451 e. The summed E-state index contributed by atoms with van der Waals surface area (Å²) in [7, 11) is 3.71. The lowest BCUT2D eigenvalue weighted by molar-refractivity contribution is 0.0116. The number of furan rings is 1. The molecule has 2 aromatic rings. The van der Waals surface area contributed by atoms with Crippen LogP contribution in [0, 0.1) is 0 Å². The van der Waals surface area contributed by atoms with Crippen molar-refractivity contribution in [2.24, 2.45) is 5.73 Å². The van der Waals surface area contributed by atoms with Crippen LogP contribution < -0.4 is 11.1 Å². The third-order valence-electron chi connectivity index (χ3n) is 3.19. The number of carbonyl (C=O) groups excluding carboxylic acids is 1. The van der Waals surface area contributed by atoms with E-state index >= 15 is 0 Å². The highest BCUT2D eigenvalue weighted by Gasteiger charge is 2.29. The lowest BCUT2D eigenvalue weighted by Gasteiger charge is -2.14. The van der Waals surface area contributed by atoms with Gasteiger partial charge in [0.1, 0.15) is 5.58 Å². The molecule has 2 rings (SSSR count). The van der Waals surface area contributed by atoms with E-state index in [0.717, 1.165) is 5.39 Å². The zero-order valence-corrected chi connectivity index (χ0v) is 12.5. The first kappa shape index (κ1) is 16.4. The third kappa shape index (κ3) is 3.61. The van der Waals surface area contributed by atoms with Gasteiger partial charge < -0.3 is 20.4 Å². The van der Waals surface area contributed by atoms with Gasteiger partial charge in [0, 0.05) is 17.5 Å². The van der Waals surface area contributed by atoms with Gasteiger partial charge in [0.25, 0.3) is 11.8 Å². The van der Waals surface area contributed by atoms with Crippen LogP contribution in [-0.2, 0) is 6.54 Å². The van der Waals surface area contributed by atoms with Crippen LogP contribution in [0.5, 0.6) is 0 Å². The number of hydrogen-bond donors (Lipinski definition) is 2. The van der Waals surface area contributed by atoms with Gasteiger partial charge in [0.15, 0.2) is 5.76 Å². The lowest BCUT2D eigenvalue weighted by atomic mass is 10.1. The molecule has 5 nitrogen and oxygen atoms in total. The van der Waals surface area contributed by atoms with Gasteiger partial charge in [0.2, 0.25) is 0 Å². The molecule has 1 aromatic heterocycles. The monoisotopic (exact) mass is 311 g/mol. The number of nitrogens with zero attached hydrogens (tertiary/aromatic N) is 1. The zero-order chi connectivity index (χ0) is 16.3. The fourth-order valence-corrected chi connectivity index (χ4v) is 2.12. The number of fused-ring (bicyclic) bond motifs is 1. The molecule has 0 spiro atoms. The maximum atomic E-state index is 13.2. The van der Waals surface area contributed by atoms with E-state index in [0.29, 0.717) is 17.7 Å². The second-order valence-corrected chi connectivity index (χ2v) is 5.39. The molecule has 7 heteroatoms. The zero-order valence-electron chi connectivity index (χ0n) is 12.5. The smallest absolute Gasteiger partial charge is 0.287 e. The Kier molecular flexibility index (Phi) is 4.77. The summed E-state index contributed by atoms with van der Waals surface area (Å²) in [5, 5.41) is 2.98. The lowest BCUT2D eigenvalue weighted by Crippen LogP contribution is -2.41. The van der Waals surface area contributed by atoms with E-state index in [4.69, 9.17) is 10.2 Å². The van der Waals surface area contributed by atoms with Crippen LogP contribution in [-0.4, -0.2) is 43.9 Å². The summed E-state index contributed by atoms with van der Waals surface area (Å²) < 4.78 is 31.9. The van der Waals surface area contributed by atoms with Crippen molar-refractivity contribution in [1.82, 2.24) is 10.2 Å². The van der Waals surface area contributed by atoms with Crippen molar-refractivity contribution in [2.75, 3.05) is 27.2 Å². The maximum Gasteiger partial charge on any atom is 0.287 e. The molecular formula is C15H19F2N3O2. The predicted octanol–water partition coefficient (Wildman–Crippen LogP) is 1.82. The van der Waals surface area contributed by atoms with E-state index in [1.54, 1.807) is 12.1 Å². The van der Waals surface area contributed by atoms with Crippen LogP contribution >= 0.6 is 0 Å². The molecule has 120 valence electrons. The normalized spacial score (nSPS) is 12.1. The van der Waals surface area contributed by atoms with Crippen molar-refractivity contribution in [3.05, 3.63) is 35.6 Å². The number of carbonyl (C=O) groups is 1. The molecule has 0 unspecified atom stereocenters. The minimum atomic E-state index is -3.14. The summed E-state index contributed by atoms with van der Waals surface area (Å²) >= 11 is 0. The molecular weight excluding hydrogens is 292 g/mol. The Bertz CT molecular complexity index is 668. The second kappa shape index (κ2) is 6.41. The summed E-state index contributed by atoms with van der Waals surface area (Å²) in [4.78, 5) is 14.1. The number of hydrogen-bond acceptors (Lipinski definition) is 4. The number of amides is 1. The fourth-order valence-electron chi connectivity index (χ4n) is 2.12. The van der Waals surface area contributed by atoms with Crippen molar-refractivity contribution < 1.29 is 18.0 Å². The first-order valence-corrected chi connectivity index (χ1v) is 6.85. The molecule has 1 aromatic carbocycles. The van der Waals surface area contributed by atoms with Gasteiger partial charge in [-0.3, -0.25) is 4.79 Å². The first-order valence-electron chi connectivity index (χ1n) is 6.85. The molecule has 0 aliphatic carbocycles. The molecule has 0 atom stereocenters. The van der Waals surface area contributed by atoms with Crippen molar-refractivity contribution >= 4 is 16.9 Å². The Hall–Kier alpha value is -1.99. The quantitative estimate of drug-likeness (QED) is 0.853. The van der Waals surface area contributed by atoms with E-state index in [-0.39, 0.29) is 5.76 Å². The van der Waals surface area contributed by atoms with Crippen molar-refractivity contribution in [2.45, 2.75) is 12.5 Å². The van der Waals surface area contributed by atoms with Crippen molar-refractivity contribution in [1.29, 1.82) is 0 Å². The molecule has 1 heterocycles. The van der Waals surface area contributed by atoms with E-state index < -0.39 is 24.9 Å². The summed E-state index contributed by atoms with van der Waals surface area (Å²) in [5.41, 5.74) is 6.18. The van der Waals surface area contributed by atoms with E-state index in [1.165, 1.54) is 0 Å². The molecule has 1 amide bonds. The average molecular weight is 311 g/mol. The largest absolute Gasteiger partial charge is 0.451 e. The Balaban J connectivity index is 2.31. The fraction of sp³-hybridized carbons (Fsp3) is 0.400. The van der Waals surface area contributed by atoms with Gasteiger partial charge in [-0.1, -0.05) is 18.2 Å². The molecule has 0 aliphatic rings. The maximum absolute atomic E-state index is 13.2. The highest BCUT2D eigenvalue weighted by atomic mass is 19.3. The summed E-state index contributed by atoms with van der Waals surface area (Å²) in [5.74, 6) is -3.74. The number of benzene rings is 1. The standard InChI is InChI=1S/C15H19F2N3O2/c1-20(2)7-11-10-5-3-4-6-12(10)22-13(11)14(21)19-9-15(16,17)8-18/h3-6H,7-9,18H2,1-2H3,(H,19,21).